The number of hydrogen-bond donors (Lipinski definition) is 1. The molecule has 1 aliphatic carbocycles. The summed E-state index contributed by atoms with van der Waals surface area (Å²) in [6.07, 6.45) is 5.06. The molecule has 0 atom stereocenters. The standard InChI is InChI=1S/C23H26N4O4S2/c1-27-20(14-8-7-9-15(12-14)30-2)25-26-23(27)32-13-18(28)24-21-19(22(29)31-3)16-10-5-4-6-11-17(16)33-21/h7-9,12H,4-6,10-11,13H2,1-3H3,(H,24,28). The van der Waals surface area contributed by atoms with Gasteiger partial charge >= 0.3 is 5.97 Å². The number of carbonyl (C=O) groups is 2. The lowest BCUT2D eigenvalue weighted by atomic mass is 10.1. The number of aromatic nitrogens is 3. The van der Waals surface area contributed by atoms with Crippen molar-refractivity contribution >= 4 is 40.0 Å². The molecule has 174 valence electrons. The molecule has 1 aromatic carbocycles. The summed E-state index contributed by atoms with van der Waals surface area (Å²) in [5.41, 5.74) is 2.42. The number of thioether (sulfide) groups is 1. The number of anilines is 1. The maximum absolute atomic E-state index is 12.7. The van der Waals surface area contributed by atoms with E-state index in [9.17, 15) is 9.59 Å². The number of nitrogens with zero attached hydrogens (tertiary/aromatic N) is 3. The van der Waals surface area contributed by atoms with Gasteiger partial charge in [-0.05, 0) is 43.4 Å². The summed E-state index contributed by atoms with van der Waals surface area (Å²) in [7, 11) is 4.85. The zero-order valence-electron chi connectivity index (χ0n) is 18.8. The van der Waals surface area contributed by atoms with Crippen LogP contribution in [0.25, 0.3) is 11.4 Å². The summed E-state index contributed by atoms with van der Waals surface area (Å²) in [5.74, 6) is 0.973. The Morgan fingerprint density at radius 3 is 2.79 bits per heavy atom. The molecule has 0 unspecified atom stereocenters. The number of ether oxygens (including phenoxy) is 2. The van der Waals surface area contributed by atoms with Gasteiger partial charge in [-0.25, -0.2) is 4.79 Å². The van der Waals surface area contributed by atoms with Crippen molar-refractivity contribution in [2.75, 3.05) is 25.3 Å². The summed E-state index contributed by atoms with van der Waals surface area (Å²) < 4.78 is 12.1. The second-order valence-electron chi connectivity index (χ2n) is 7.69. The van der Waals surface area contributed by atoms with Crippen LogP contribution in [0.5, 0.6) is 5.75 Å². The topological polar surface area (TPSA) is 95.3 Å². The average molecular weight is 487 g/mol. The van der Waals surface area contributed by atoms with Gasteiger partial charge in [-0.15, -0.1) is 21.5 Å². The van der Waals surface area contributed by atoms with Crippen LogP contribution in [-0.2, 0) is 29.4 Å². The predicted octanol–water partition coefficient (Wildman–Crippen LogP) is 4.34. The maximum Gasteiger partial charge on any atom is 0.341 e. The highest BCUT2D eigenvalue weighted by Gasteiger charge is 2.26. The lowest BCUT2D eigenvalue weighted by Crippen LogP contribution is -2.16. The number of methoxy groups -OCH3 is 2. The molecule has 0 spiro atoms. The lowest BCUT2D eigenvalue weighted by molar-refractivity contribution is -0.113. The minimum absolute atomic E-state index is 0.146. The summed E-state index contributed by atoms with van der Waals surface area (Å²) in [6.45, 7) is 0. The smallest absolute Gasteiger partial charge is 0.341 e. The van der Waals surface area contributed by atoms with Crippen molar-refractivity contribution in [3.63, 3.8) is 0 Å². The van der Waals surface area contributed by atoms with Gasteiger partial charge in [0.2, 0.25) is 5.91 Å². The largest absolute Gasteiger partial charge is 0.497 e. The third-order valence-corrected chi connectivity index (χ3v) is 7.79. The fraction of sp³-hybridized carbons (Fsp3) is 0.391. The minimum Gasteiger partial charge on any atom is -0.497 e. The van der Waals surface area contributed by atoms with Crippen LogP contribution >= 0.6 is 23.1 Å². The maximum atomic E-state index is 12.7. The van der Waals surface area contributed by atoms with Crippen molar-refractivity contribution in [2.45, 2.75) is 37.3 Å². The van der Waals surface area contributed by atoms with Crippen LogP contribution in [0.2, 0.25) is 0 Å². The van der Waals surface area contributed by atoms with Crippen LogP contribution in [0.4, 0.5) is 5.00 Å². The molecule has 0 aliphatic heterocycles. The molecule has 0 saturated heterocycles. The van der Waals surface area contributed by atoms with Crippen molar-refractivity contribution < 1.29 is 19.1 Å². The zero-order valence-corrected chi connectivity index (χ0v) is 20.5. The number of carbonyl (C=O) groups excluding carboxylic acids is 2. The normalized spacial score (nSPS) is 13.2. The fourth-order valence-electron chi connectivity index (χ4n) is 3.90. The van der Waals surface area contributed by atoms with Crippen LogP contribution in [0.3, 0.4) is 0 Å². The Morgan fingerprint density at radius 1 is 1.18 bits per heavy atom. The monoisotopic (exact) mass is 486 g/mol. The van der Waals surface area contributed by atoms with Gasteiger partial charge in [0.15, 0.2) is 11.0 Å². The van der Waals surface area contributed by atoms with Gasteiger partial charge < -0.3 is 19.4 Å². The van der Waals surface area contributed by atoms with Gasteiger partial charge in [0.25, 0.3) is 0 Å². The number of hydrogen-bond acceptors (Lipinski definition) is 8. The molecule has 2 aromatic heterocycles. The quantitative estimate of drug-likeness (QED) is 0.302. The fourth-order valence-corrected chi connectivity index (χ4v) is 5.90. The second kappa shape index (κ2) is 10.4. The third-order valence-electron chi connectivity index (χ3n) is 5.56. The molecule has 10 heteroatoms. The molecule has 4 rings (SSSR count). The zero-order chi connectivity index (χ0) is 23.4. The van der Waals surface area contributed by atoms with Gasteiger partial charge in [0.1, 0.15) is 10.8 Å². The van der Waals surface area contributed by atoms with Crippen molar-refractivity contribution in [3.05, 3.63) is 40.3 Å². The van der Waals surface area contributed by atoms with Crippen LogP contribution in [0, 0.1) is 0 Å². The van der Waals surface area contributed by atoms with Crippen molar-refractivity contribution in [1.82, 2.24) is 14.8 Å². The first kappa shape index (κ1) is 23.3. The molecule has 0 radical (unpaired) electrons. The predicted molar refractivity (Wildman–Crippen MR) is 129 cm³/mol. The SMILES string of the molecule is COC(=O)c1c(NC(=O)CSc2nnc(-c3cccc(OC)c3)n2C)sc2c1CCCCC2. The number of fused-ring (bicyclic) bond motifs is 1. The minimum atomic E-state index is -0.395. The van der Waals surface area contributed by atoms with Crippen molar-refractivity contribution in [3.8, 4) is 17.1 Å². The molecule has 1 amide bonds. The van der Waals surface area contributed by atoms with Crippen LogP contribution < -0.4 is 10.1 Å². The van der Waals surface area contributed by atoms with Gasteiger partial charge in [-0.1, -0.05) is 30.3 Å². The Balaban J connectivity index is 1.46. The van der Waals surface area contributed by atoms with E-state index in [2.05, 4.69) is 15.5 Å². The van der Waals surface area contributed by atoms with E-state index in [0.717, 1.165) is 49.0 Å². The highest BCUT2D eigenvalue weighted by atomic mass is 32.2. The van der Waals surface area contributed by atoms with Crippen LogP contribution in [-0.4, -0.2) is 46.6 Å². The first-order chi connectivity index (χ1) is 16.0. The molecule has 33 heavy (non-hydrogen) atoms. The van der Waals surface area contributed by atoms with E-state index in [0.29, 0.717) is 21.5 Å². The Bertz CT molecular complexity index is 1170. The molecule has 0 bridgehead atoms. The Labute approximate surface area is 200 Å². The van der Waals surface area contributed by atoms with E-state index in [1.54, 1.807) is 7.11 Å². The number of rotatable bonds is 7. The van der Waals surface area contributed by atoms with E-state index >= 15 is 0 Å². The van der Waals surface area contributed by atoms with Gasteiger partial charge in [-0.3, -0.25) is 4.79 Å². The Hall–Kier alpha value is -2.85. The lowest BCUT2D eigenvalue weighted by Gasteiger charge is -2.08. The first-order valence-electron chi connectivity index (χ1n) is 10.7. The summed E-state index contributed by atoms with van der Waals surface area (Å²) >= 11 is 2.78. The molecule has 3 aromatic rings. The number of amides is 1. The molecule has 1 N–H and O–H groups in total. The van der Waals surface area contributed by atoms with Gasteiger partial charge in [-0.2, -0.15) is 0 Å². The second-order valence-corrected chi connectivity index (χ2v) is 9.74. The number of benzene rings is 1. The number of esters is 1. The average Bonchev–Trinajstić information content (AvgIpc) is 3.27. The number of thiophene rings is 1. The Morgan fingerprint density at radius 2 is 2.00 bits per heavy atom. The molecule has 0 fully saturated rings. The van der Waals surface area contributed by atoms with Crippen LogP contribution in [0.1, 0.15) is 40.1 Å². The highest BCUT2D eigenvalue weighted by molar-refractivity contribution is 7.99. The number of nitrogens with one attached hydrogen (secondary N) is 1. The highest BCUT2D eigenvalue weighted by Crippen LogP contribution is 2.38. The van der Waals surface area contributed by atoms with E-state index in [4.69, 9.17) is 9.47 Å². The molecular weight excluding hydrogens is 460 g/mol. The van der Waals surface area contributed by atoms with E-state index < -0.39 is 5.97 Å². The number of aryl methyl sites for hydroxylation is 1. The molecule has 2 heterocycles. The van der Waals surface area contributed by atoms with Crippen LogP contribution in [0.15, 0.2) is 29.4 Å². The van der Waals surface area contributed by atoms with Gasteiger partial charge in [0.05, 0.1) is 25.5 Å². The first-order valence-corrected chi connectivity index (χ1v) is 12.5. The molecule has 1 aliphatic rings. The molecule has 8 nitrogen and oxygen atoms in total. The third kappa shape index (κ3) is 5.06. The van der Waals surface area contributed by atoms with Crippen molar-refractivity contribution in [2.24, 2.45) is 7.05 Å². The Kier molecular flexibility index (Phi) is 7.34. The summed E-state index contributed by atoms with van der Waals surface area (Å²) in [5, 5.41) is 12.6. The summed E-state index contributed by atoms with van der Waals surface area (Å²) in [4.78, 5) is 26.4. The van der Waals surface area contributed by atoms with E-state index in [1.165, 1.54) is 35.1 Å². The van der Waals surface area contributed by atoms with Crippen molar-refractivity contribution in [1.29, 1.82) is 0 Å². The molecule has 0 saturated carbocycles. The van der Waals surface area contributed by atoms with Gasteiger partial charge in [0, 0.05) is 17.5 Å². The molecular formula is C23H26N4O4S2. The summed E-state index contributed by atoms with van der Waals surface area (Å²) in [6, 6.07) is 7.58. The van der Waals surface area contributed by atoms with E-state index in [1.807, 2.05) is 35.9 Å². The van der Waals surface area contributed by atoms with E-state index in [-0.39, 0.29) is 11.7 Å².